The maximum Gasteiger partial charge on any atom is 0.109 e. The fourth-order valence-corrected chi connectivity index (χ4v) is 2.47. The van der Waals surface area contributed by atoms with E-state index in [2.05, 4.69) is 43.3 Å². The van der Waals surface area contributed by atoms with E-state index in [1.807, 2.05) is 18.3 Å². The van der Waals surface area contributed by atoms with Crippen molar-refractivity contribution in [2.45, 2.75) is 12.5 Å². The van der Waals surface area contributed by atoms with Crippen LogP contribution >= 0.6 is 15.9 Å². The highest BCUT2D eigenvalue weighted by molar-refractivity contribution is 9.10. The van der Waals surface area contributed by atoms with Gasteiger partial charge in [-0.05, 0) is 17.7 Å². The molecular weight excluding hydrogens is 306 g/mol. The van der Waals surface area contributed by atoms with Crippen LogP contribution in [0.5, 0.6) is 0 Å². The molecule has 19 heavy (non-hydrogen) atoms. The number of morpholine rings is 1. The highest BCUT2D eigenvalue weighted by Gasteiger charge is 2.15. The van der Waals surface area contributed by atoms with Crippen LogP contribution < -0.4 is 5.32 Å². The molecule has 1 saturated heterocycles. The van der Waals surface area contributed by atoms with Crippen molar-refractivity contribution >= 4 is 15.9 Å². The van der Waals surface area contributed by atoms with E-state index in [0.29, 0.717) is 0 Å². The molecule has 0 amide bonds. The maximum atomic E-state index is 5.68. The number of nitrogens with zero attached hydrogens (tertiary/aromatic N) is 1. The van der Waals surface area contributed by atoms with Gasteiger partial charge in [0.05, 0.1) is 24.6 Å². The minimum atomic E-state index is 0.220. The molecule has 0 radical (unpaired) electrons. The second-order valence-corrected chi connectivity index (χ2v) is 5.57. The molecule has 0 aliphatic carbocycles. The molecule has 0 spiro atoms. The van der Waals surface area contributed by atoms with Gasteiger partial charge in [0.25, 0.3) is 0 Å². The second kappa shape index (κ2) is 5.86. The number of H-pyrrole nitrogens is 1. The number of ether oxygens (including phenoxy) is 1. The number of rotatable bonds is 3. The Balaban J connectivity index is 1.70. The molecule has 0 saturated carbocycles. The van der Waals surface area contributed by atoms with Crippen molar-refractivity contribution in [1.82, 2.24) is 15.3 Å². The molecule has 1 fully saturated rings. The van der Waals surface area contributed by atoms with Crippen molar-refractivity contribution in [3.05, 3.63) is 40.8 Å². The largest absolute Gasteiger partial charge is 0.375 e. The molecule has 1 atom stereocenters. The van der Waals surface area contributed by atoms with E-state index in [0.717, 1.165) is 47.7 Å². The van der Waals surface area contributed by atoms with Gasteiger partial charge in [-0.1, -0.05) is 28.1 Å². The summed E-state index contributed by atoms with van der Waals surface area (Å²) < 4.78 is 6.77. The maximum absolute atomic E-state index is 5.68. The molecule has 1 aliphatic rings. The first-order valence-electron chi connectivity index (χ1n) is 6.43. The smallest absolute Gasteiger partial charge is 0.109 e. The Morgan fingerprint density at radius 1 is 1.32 bits per heavy atom. The summed E-state index contributed by atoms with van der Waals surface area (Å²) in [5.74, 6) is 0.978. The Morgan fingerprint density at radius 3 is 2.89 bits per heavy atom. The third-order valence-electron chi connectivity index (χ3n) is 3.21. The van der Waals surface area contributed by atoms with Crippen molar-refractivity contribution in [3.8, 4) is 11.3 Å². The normalized spacial score (nSPS) is 19.5. The van der Waals surface area contributed by atoms with Crippen molar-refractivity contribution < 1.29 is 4.74 Å². The van der Waals surface area contributed by atoms with Gasteiger partial charge in [-0.3, -0.25) is 0 Å². The highest BCUT2D eigenvalue weighted by atomic mass is 79.9. The molecule has 2 aromatic rings. The summed E-state index contributed by atoms with van der Waals surface area (Å²) in [6.07, 6.45) is 2.93. The standard InChI is InChI=1S/C14H16BrN3O/c15-11-3-1-10(2-4-11)13-9-17-14(18-13)7-12-8-16-5-6-19-12/h1-4,9,12,16H,5-8H2,(H,17,18). The zero-order valence-electron chi connectivity index (χ0n) is 10.5. The molecule has 1 aromatic carbocycles. The first-order valence-corrected chi connectivity index (χ1v) is 7.23. The van der Waals surface area contributed by atoms with Crippen LogP contribution in [0.2, 0.25) is 0 Å². The van der Waals surface area contributed by atoms with E-state index < -0.39 is 0 Å². The quantitative estimate of drug-likeness (QED) is 0.912. The fourth-order valence-electron chi connectivity index (χ4n) is 2.21. The molecule has 2 heterocycles. The van der Waals surface area contributed by atoms with E-state index >= 15 is 0 Å². The van der Waals surface area contributed by atoms with Crippen LogP contribution in [0, 0.1) is 0 Å². The molecule has 100 valence electrons. The first kappa shape index (κ1) is 12.8. The number of benzene rings is 1. The van der Waals surface area contributed by atoms with Crippen LogP contribution in [0.25, 0.3) is 11.3 Å². The Bertz CT molecular complexity index is 532. The molecular formula is C14H16BrN3O. The Labute approximate surface area is 120 Å². The molecule has 1 aromatic heterocycles. The van der Waals surface area contributed by atoms with Crippen molar-refractivity contribution in [3.63, 3.8) is 0 Å². The van der Waals surface area contributed by atoms with Gasteiger partial charge in [0.2, 0.25) is 0 Å². The zero-order chi connectivity index (χ0) is 13.1. The highest BCUT2D eigenvalue weighted by Crippen LogP contribution is 2.20. The summed E-state index contributed by atoms with van der Waals surface area (Å²) in [6.45, 7) is 2.62. The van der Waals surface area contributed by atoms with Gasteiger partial charge in [0, 0.05) is 24.0 Å². The number of nitrogens with one attached hydrogen (secondary N) is 2. The molecule has 4 nitrogen and oxygen atoms in total. The number of hydrogen-bond donors (Lipinski definition) is 2. The van der Waals surface area contributed by atoms with E-state index in [4.69, 9.17) is 4.74 Å². The van der Waals surface area contributed by atoms with Gasteiger partial charge in [-0.2, -0.15) is 0 Å². The lowest BCUT2D eigenvalue weighted by Gasteiger charge is -2.22. The molecule has 5 heteroatoms. The van der Waals surface area contributed by atoms with E-state index in [9.17, 15) is 0 Å². The predicted molar refractivity (Wildman–Crippen MR) is 78.0 cm³/mol. The van der Waals surface area contributed by atoms with Crippen LogP contribution in [0.1, 0.15) is 5.82 Å². The lowest BCUT2D eigenvalue weighted by atomic mass is 10.2. The van der Waals surface area contributed by atoms with Crippen LogP contribution in [0.3, 0.4) is 0 Å². The lowest BCUT2D eigenvalue weighted by Crippen LogP contribution is -2.39. The third-order valence-corrected chi connectivity index (χ3v) is 3.74. The third kappa shape index (κ3) is 3.23. The Kier molecular flexibility index (Phi) is 3.96. The summed E-state index contributed by atoms with van der Waals surface area (Å²) in [5.41, 5.74) is 2.19. The van der Waals surface area contributed by atoms with Gasteiger partial charge in [-0.25, -0.2) is 4.98 Å². The molecule has 1 aliphatic heterocycles. The topological polar surface area (TPSA) is 49.9 Å². The SMILES string of the molecule is Brc1ccc(-c2cnc(CC3CNCCO3)[nH]2)cc1. The van der Waals surface area contributed by atoms with Crippen LogP contribution in [-0.2, 0) is 11.2 Å². The van der Waals surface area contributed by atoms with E-state index in [1.165, 1.54) is 0 Å². The summed E-state index contributed by atoms with van der Waals surface area (Å²) >= 11 is 3.44. The Morgan fingerprint density at radius 2 is 2.16 bits per heavy atom. The number of aromatic amines is 1. The van der Waals surface area contributed by atoms with Crippen LogP contribution in [-0.4, -0.2) is 35.8 Å². The monoisotopic (exact) mass is 321 g/mol. The summed E-state index contributed by atoms with van der Waals surface area (Å²) in [6, 6.07) is 8.20. The molecule has 0 bridgehead atoms. The number of halogens is 1. The van der Waals surface area contributed by atoms with Gasteiger partial charge in [-0.15, -0.1) is 0 Å². The second-order valence-electron chi connectivity index (χ2n) is 4.65. The first-order chi connectivity index (χ1) is 9.31. The van der Waals surface area contributed by atoms with Crippen molar-refractivity contribution in [2.24, 2.45) is 0 Å². The summed E-state index contributed by atoms with van der Waals surface area (Å²) in [4.78, 5) is 7.80. The minimum absolute atomic E-state index is 0.220. The van der Waals surface area contributed by atoms with Gasteiger partial charge >= 0.3 is 0 Å². The number of aromatic nitrogens is 2. The Hall–Kier alpha value is -1.17. The summed E-state index contributed by atoms with van der Waals surface area (Å²) in [5, 5.41) is 3.33. The molecule has 3 rings (SSSR count). The average Bonchev–Trinajstić information content (AvgIpc) is 2.89. The van der Waals surface area contributed by atoms with Gasteiger partial charge < -0.3 is 15.0 Å². The lowest BCUT2D eigenvalue weighted by molar-refractivity contribution is 0.0281. The van der Waals surface area contributed by atoms with Crippen molar-refractivity contribution in [1.29, 1.82) is 0 Å². The fraction of sp³-hybridized carbons (Fsp3) is 0.357. The molecule has 2 N–H and O–H groups in total. The van der Waals surface area contributed by atoms with E-state index in [1.54, 1.807) is 0 Å². The predicted octanol–water partition coefficient (Wildman–Crippen LogP) is 2.37. The van der Waals surface area contributed by atoms with Crippen LogP contribution in [0.4, 0.5) is 0 Å². The van der Waals surface area contributed by atoms with Gasteiger partial charge in [0.15, 0.2) is 0 Å². The zero-order valence-corrected chi connectivity index (χ0v) is 12.1. The van der Waals surface area contributed by atoms with Gasteiger partial charge in [0.1, 0.15) is 5.82 Å². The van der Waals surface area contributed by atoms with E-state index in [-0.39, 0.29) is 6.10 Å². The van der Waals surface area contributed by atoms with Crippen molar-refractivity contribution in [2.75, 3.05) is 19.7 Å². The number of hydrogen-bond acceptors (Lipinski definition) is 3. The molecule has 1 unspecified atom stereocenters. The minimum Gasteiger partial charge on any atom is -0.375 e. The summed E-state index contributed by atoms with van der Waals surface area (Å²) in [7, 11) is 0. The number of imidazole rings is 1. The average molecular weight is 322 g/mol. The van der Waals surface area contributed by atoms with Crippen LogP contribution in [0.15, 0.2) is 34.9 Å².